The van der Waals surface area contributed by atoms with Crippen LogP contribution in [0.3, 0.4) is 0 Å². The molecule has 772 valence electrons. The summed E-state index contributed by atoms with van der Waals surface area (Å²) in [6, 6.07) is 4.82. The van der Waals surface area contributed by atoms with Crippen molar-refractivity contribution in [3.8, 4) is 17.2 Å². The molecule has 7 rings (SSSR count). The molecule has 4 aromatic rings. The van der Waals surface area contributed by atoms with Gasteiger partial charge in [0, 0.05) is 83.6 Å². The van der Waals surface area contributed by atoms with E-state index in [2.05, 4.69) is 41.0 Å². The molecule has 137 heavy (non-hydrogen) atoms. The highest BCUT2D eigenvalue weighted by Crippen LogP contribution is 2.44. The number of likely N-dealkylation sites (N-methyl/N-ethyl adjacent to an activating group) is 1. The fourth-order valence-electron chi connectivity index (χ4n) is 17.6. The summed E-state index contributed by atoms with van der Waals surface area (Å²) in [7, 11) is -4.47. The molecule has 0 saturated carbocycles. The van der Waals surface area contributed by atoms with Crippen molar-refractivity contribution >= 4 is 51.9 Å². The lowest BCUT2D eigenvalue weighted by Gasteiger charge is -2.21. The maximum atomic E-state index is 14.6. The van der Waals surface area contributed by atoms with Gasteiger partial charge in [0.15, 0.2) is 11.5 Å². The van der Waals surface area contributed by atoms with Crippen molar-refractivity contribution in [3.05, 3.63) is 106 Å². The lowest BCUT2D eigenvalue weighted by molar-refractivity contribution is -0.153. The summed E-state index contributed by atoms with van der Waals surface area (Å²) < 4.78 is 104. The zero-order valence-electron chi connectivity index (χ0n) is 84.1. The topological polar surface area (TPSA) is 390 Å². The molecular weight excluding hydrogens is 1800 g/mol. The van der Waals surface area contributed by atoms with Crippen LogP contribution in [-0.4, -0.2) is 153 Å². The average Bonchev–Trinajstić information content (AvgIpc) is 1.78. The molecule has 3 aliphatic heterocycles. The number of H-pyrrole nitrogens is 2. The van der Waals surface area contributed by atoms with Crippen LogP contribution in [0.2, 0.25) is 0 Å². The molecule has 2 amide bonds. The first-order valence-corrected chi connectivity index (χ1v) is 54.9. The number of ether oxygens (including phenoxy) is 8. The number of Topliss-reactive ketones (excluding diaryl/α,β-unsaturated/α-hetero) is 1. The van der Waals surface area contributed by atoms with Crippen molar-refractivity contribution in [3.63, 3.8) is 0 Å². The van der Waals surface area contributed by atoms with E-state index in [1.807, 2.05) is 0 Å². The van der Waals surface area contributed by atoms with Crippen molar-refractivity contribution in [2.75, 3.05) is 58.6 Å². The summed E-state index contributed by atoms with van der Waals surface area (Å²) in [6.07, 6.45) is 53.9. The molecule has 0 radical (unpaired) electrons. The Balaban J connectivity index is 0.925. The van der Waals surface area contributed by atoms with Crippen molar-refractivity contribution in [1.29, 1.82) is 0 Å². The third-order valence-electron chi connectivity index (χ3n) is 26.0. The van der Waals surface area contributed by atoms with Crippen LogP contribution in [0, 0.1) is 13.8 Å². The fraction of sp³-hybridized carbons (Fsp3) is 0.777. The molecule has 3 fully saturated rings. The normalized spacial score (nSPS) is 18.3. The Labute approximate surface area is 815 Å². The van der Waals surface area contributed by atoms with Crippen molar-refractivity contribution in [1.82, 2.24) is 33.6 Å². The molecule has 3 saturated heterocycles. The Hall–Kier alpha value is -7.67. The Morgan fingerprint density at radius 3 is 1.20 bits per heavy atom. The third kappa shape index (κ3) is 46.3. The van der Waals surface area contributed by atoms with Crippen LogP contribution in [-0.2, 0) is 70.1 Å². The van der Waals surface area contributed by atoms with Gasteiger partial charge < -0.3 is 52.9 Å². The number of unbranched alkanes of at least 4 members (excludes halogenated alkanes) is 45. The minimum Gasteiger partial charge on any atom is -0.490 e. The Morgan fingerprint density at radius 2 is 0.810 bits per heavy atom. The summed E-state index contributed by atoms with van der Waals surface area (Å²) in [5, 5.41) is 2.54. The molecule has 3 aromatic heterocycles. The summed E-state index contributed by atoms with van der Waals surface area (Å²) in [6.45, 7) is 13.0. The predicted molar refractivity (Wildman–Crippen MR) is 530 cm³/mol. The van der Waals surface area contributed by atoms with E-state index < -0.39 is 131 Å². The van der Waals surface area contributed by atoms with Crippen LogP contribution in [0.25, 0.3) is 0 Å². The van der Waals surface area contributed by atoms with Crippen LogP contribution >= 0.6 is 16.5 Å². The summed E-state index contributed by atoms with van der Waals surface area (Å²) >= 11 is 0. The highest BCUT2D eigenvalue weighted by molar-refractivity contribution is 7.33. The Bertz CT molecular complexity index is 4420. The molecule has 32 nitrogen and oxygen atoms in total. The van der Waals surface area contributed by atoms with E-state index in [1.54, 1.807) is 26.1 Å². The number of hydrogen-bond acceptors (Lipinski definition) is 25. The van der Waals surface area contributed by atoms with E-state index in [9.17, 15) is 57.1 Å². The summed E-state index contributed by atoms with van der Waals surface area (Å²) in [5.41, 5.74) is -2.88. The number of aromatic nitrogens is 6. The lowest BCUT2D eigenvalue weighted by atomic mass is 10.0. The van der Waals surface area contributed by atoms with Gasteiger partial charge >= 0.3 is 45.5 Å². The average molecular weight is 1960 g/mol. The van der Waals surface area contributed by atoms with Gasteiger partial charge in [-0.05, 0) is 64.7 Å². The predicted octanol–water partition coefficient (Wildman–Crippen LogP) is 22.6. The molecule has 0 spiro atoms. The summed E-state index contributed by atoms with van der Waals surface area (Å²) in [4.78, 5) is 140. The number of carbonyl (C=O) groups excluding carboxylic acids is 5. The van der Waals surface area contributed by atoms with E-state index in [0.29, 0.717) is 49.1 Å². The van der Waals surface area contributed by atoms with Gasteiger partial charge in [0.25, 0.3) is 17.0 Å². The second-order valence-corrected chi connectivity index (χ2v) is 39.6. The van der Waals surface area contributed by atoms with Crippen molar-refractivity contribution in [2.45, 2.75) is 463 Å². The van der Waals surface area contributed by atoms with E-state index in [4.69, 9.17) is 56.0 Å². The smallest absolute Gasteiger partial charge is 0.490 e. The first kappa shape index (κ1) is 116. The SMILES string of the molecule is CCCCCCCCCCCCCCCCCCOc1cc(C(=O)N(C)CCOC(=O)CCC(=O)Nc2ccn([C@H]3CC(OC(=O)CCC(C)=O)[C@@H](CO[P+](=O)OC4C[C@H](n5cc(C)c(=O)[nH]c5=O)O[C@@H]4CO[P+](=O)OC4C[C@H](n5cc(C)c(=O)[nH]c5=O)O[C@@H]4CC)O3)c(=O)n2)cc(OCCCCCCCCCCCCCCCCCC)c1OCCCCCCCCCCCCCCCCCC. The largest absolute Gasteiger partial charge is 0.697 e. The minimum atomic E-state index is -3.15. The third-order valence-corrected chi connectivity index (χ3v) is 27.6. The molecule has 5 unspecified atom stereocenters. The number of nitrogens with zero attached hydrogens (tertiary/aromatic N) is 5. The maximum Gasteiger partial charge on any atom is 0.697 e. The molecule has 3 N–H and O–H groups in total. The van der Waals surface area contributed by atoms with E-state index in [0.717, 1.165) is 66.9 Å². The number of amides is 2. The molecule has 0 aliphatic carbocycles. The van der Waals surface area contributed by atoms with Crippen molar-refractivity contribution < 1.29 is 89.1 Å². The van der Waals surface area contributed by atoms with Gasteiger partial charge in [-0.2, -0.15) is 4.98 Å². The minimum absolute atomic E-state index is 0.0228. The molecular formula is C103H168N8O24P2+2. The van der Waals surface area contributed by atoms with Crippen LogP contribution in [0.15, 0.2) is 60.8 Å². The molecule has 34 heteroatoms. The number of rotatable bonds is 80. The number of esters is 2. The summed E-state index contributed by atoms with van der Waals surface area (Å²) in [5.74, 6) is -1.49. The number of anilines is 1. The Kier molecular flexibility index (Phi) is 58.8. The van der Waals surface area contributed by atoms with E-state index in [1.165, 1.54) is 305 Å². The fourth-order valence-corrected chi connectivity index (χ4v) is 19.2. The number of carbonyl (C=O) groups is 5. The number of aryl methyl sites for hydroxylation is 2. The molecule has 11 atom stereocenters. The second-order valence-electron chi connectivity index (χ2n) is 37.8. The molecule has 0 bridgehead atoms. The van der Waals surface area contributed by atoms with Gasteiger partial charge in [0.2, 0.25) is 11.7 Å². The maximum absolute atomic E-state index is 14.6. The van der Waals surface area contributed by atoms with Crippen molar-refractivity contribution in [2.24, 2.45) is 0 Å². The zero-order valence-corrected chi connectivity index (χ0v) is 85.9. The van der Waals surface area contributed by atoms with Gasteiger partial charge in [-0.1, -0.05) is 317 Å². The first-order chi connectivity index (χ1) is 66.5. The van der Waals surface area contributed by atoms with Gasteiger partial charge in [0.1, 0.15) is 80.6 Å². The van der Waals surface area contributed by atoms with Gasteiger partial charge in [-0.25, -0.2) is 14.4 Å². The second kappa shape index (κ2) is 69.3. The van der Waals surface area contributed by atoms with Crippen LogP contribution in [0.4, 0.5) is 5.82 Å². The lowest BCUT2D eigenvalue weighted by Crippen LogP contribution is -2.33. The van der Waals surface area contributed by atoms with Gasteiger partial charge in [-0.3, -0.25) is 52.4 Å². The highest BCUT2D eigenvalue weighted by Gasteiger charge is 2.49. The monoisotopic (exact) mass is 1960 g/mol. The van der Waals surface area contributed by atoms with Gasteiger partial charge in [-0.15, -0.1) is 18.1 Å². The number of nitrogens with one attached hydrogen (secondary N) is 3. The van der Waals surface area contributed by atoms with Crippen LogP contribution < -0.4 is 47.7 Å². The number of aromatic amines is 2. The van der Waals surface area contributed by atoms with E-state index >= 15 is 0 Å². The van der Waals surface area contributed by atoms with Crippen LogP contribution in [0.5, 0.6) is 17.2 Å². The first-order valence-electron chi connectivity index (χ1n) is 52.7. The molecule has 6 heterocycles. The number of hydrogen-bond donors (Lipinski definition) is 3. The number of benzene rings is 1. The van der Waals surface area contributed by atoms with Crippen LogP contribution in [0.1, 0.15) is 434 Å². The quantitative estimate of drug-likeness (QED) is 0.0210. The molecule has 1 aromatic carbocycles. The standard InChI is InChI=1S/C103H166N8O24P2/c1-9-13-16-19-22-25-28-31-34-37-40-43-46-49-52-55-65-124-86-69-81(70-87(125-66-56-53-50-47-44-41-38-35-32-29-26-23-20-17-14-10-2)97(86)127-67-57-54-51-48-45-42-39-36-33-30-27-24-21-18-15-11-3)100(118)108(8)64-68-126-95(114)61-59-91(113)104-90-62-63-109(101(119)105-90)92-71-83(133-96(115)60-58-80(7)112)88(131-92)76-128-137(123)135-85-73-94(111-75-79(6)99(117)107-103(111)121)132-89(85)77-129-136(122)134-84-72-93(130-82(84)12-4)110-74-78(5)98(116)106-102(110)120/h62-63,69-70,74-75,82-85,88-89,92-94H,9-61,64-68,71-73,76-77H2,1-8H3,(H-2,104,105,106,107,113,116,117,119,120,121)/p+2/t82-,83?,84?,85?,88-,89-,92-,93-,94-/m1/s1. The highest BCUT2D eigenvalue weighted by atomic mass is 31.1. The Morgan fingerprint density at radius 1 is 0.453 bits per heavy atom. The number of ketones is 1. The van der Waals surface area contributed by atoms with E-state index in [-0.39, 0.29) is 86.7 Å². The van der Waals surface area contributed by atoms with Gasteiger partial charge in [0.05, 0.1) is 45.3 Å². The zero-order chi connectivity index (χ0) is 98.6. The molecule has 3 aliphatic rings.